The van der Waals surface area contributed by atoms with E-state index in [2.05, 4.69) is 48.0 Å². The highest BCUT2D eigenvalue weighted by Crippen LogP contribution is 2.25. The highest BCUT2D eigenvalue weighted by Gasteiger charge is 2.12. The summed E-state index contributed by atoms with van der Waals surface area (Å²) in [4.78, 5) is 1.41. The second-order valence-corrected chi connectivity index (χ2v) is 6.45. The molecule has 100 valence electrons. The van der Waals surface area contributed by atoms with Crippen LogP contribution in [0, 0.1) is 0 Å². The molecule has 19 heavy (non-hydrogen) atoms. The molecule has 0 aliphatic heterocycles. The number of hydrogen-bond acceptors (Lipinski definition) is 2. The third kappa shape index (κ3) is 3.07. The predicted octanol–water partition coefficient (Wildman–Crippen LogP) is 4.48. The van der Waals surface area contributed by atoms with Crippen molar-refractivity contribution in [3.63, 3.8) is 0 Å². The molecule has 1 unspecified atom stereocenters. The molecule has 1 heterocycles. The Labute approximate surface area is 119 Å². The van der Waals surface area contributed by atoms with Crippen molar-refractivity contribution in [2.75, 3.05) is 0 Å². The lowest BCUT2D eigenvalue weighted by Crippen LogP contribution is -2.18. The van der Waals surface area contributed by atoms with Crippen molar-refractivity contribution in [1.82, 2.24) is 5.32 Å². The molecule has 0 fully saturated rings. The van der Waals surface area contributed by atoms with E-state index in [1.807, 2.05) is 11.3 Å². The quantitative estimate of drug-likeness (QED) is 0.864. The fraction of sp³-hybridized carbons (Fsp3) is 0.412. The van der Waals surface area contributed by atoms with Crippen LogP contribution in [0.4, 0.5) is 0 Å². The molecule has 0 bridgehead atoms. The molecule has 1 aliphatic rings. The van der Waals surface area contributed by atoms with E-state index in [-0.39, 0.29) is 0 Å². The SMILES string of the molecule is CC(NCc1cccs1)c1ccc2c(c1)CCCC2. The first kappa shape index (κ1) is 12.9. The van der Waals surface area contributed by atoms with Gasteiger partial charge in [-0.2, -0.15) is 0 Å². The summed E-state index contributed by atoms with van der Waals surface area (Å²) in [5.41, 5.74) is 4.58. The van der Waals surface area contributed by atoms with Crippen molar-refractivity contribution in [2.45, 2.75) is 45.2 Å². The van der Waals surface area contributed by atoms with Crippen LogP contribution in [0.25, 0.3) is 0 Å². The topological polar surface area (TPSA) is 12.0 Å². The molecular formula is C17H21NS. The van der Waals surface area contributed by atoms with Crippen LogP contribution in [0.3, 0.4) is 0 Å². The van der Waals surface area contributed by atoms with Gasteiger partial charge in [0, 0.05) is 17.5 Å². The average Bonchev–Trinajstić information content (AvgIpc) is 2.97. The fourth-order valence-corrected chi connectivity index (χ4v) is 3.46. The molecule has 1 aromatic heterocycles. The van der Waals surface area contributed by atoms with Gasteiger partial charge in [-0.05, 0) is 60.7 Å². The molecule has 2 aromatic rings. The number of benzene rings is 1. The van der Waals surface area contributed by atoms with E-state index in [0.717, 1.165) is 6.54 Å². The molecule has 1 nitrogen and oxygen atoms in total. The summed E-state index contributed by atoms with van der Waals surface area (Å²) >= 11 is 1.82. The van der Waals surface area contributed by atoms with Gasteiger partial charge in [-0.25, -0.2) is 0 Å². The van der Waals surface area contributed by atoms with E-state index in [4.69, 9.17) is 0 Å². The number of rotatable bonds is 4. The molecule has 0 amide bonds. The zero-order valence-corrected chi connectivity index (χ0v) is 12.3. The van der Waals surface area contributed by atoms with Crippen LogP contribution in [0.15, 0.2) is 35.7 Å². The van der Waals surface area contributed by atoms with Gasteiger partial charge in [0.2, 0.25) is 0 Å². The van der Waals surface area contributed by atoms with Gasteiger partial charge < -0.3 is 5.32 Å². The number of hydrogen-bond donors (Lipinski definition) is 1. The fourth-order valence-electron chi connectivity index (χ4n) is 2.81. The molecule has 1 N–H and O–H groups in total. The van der Waals surface area contributed by atoms with Crippen LogP contribution in [0.1, 0.15) is 47.4 Å². The van der Waals surface area contributed by atoms with Crippen LogP contribution in [0.5, 0.6) is 0 Å². The summed E-state index contributed by atoms with van der Waals surface area (Å²) in [5.74, 6) is 0. The van der Waals surface area contributed by atoms with Gasteiger partial charge in [0.05, 0.1) is 0 Å². The Morgan fingerprint density at radius 2 is 2.00 bits per heavy atom. The molecule has 2 heteroatoms. The van der Waals surface area contributed by atoms with Crippen molar-refractivity contribution in [1.29, 1.82) is 0 Å². The second-order valence-electron chi connectivity index (χ2n) is 5.42. The first-order valence-electron chi connectivity index (χ1n) is 7.20. The summed E-state index contributed by atoms with van der Waals surface area (Å²) in [7, 11) is 0. The van der Waals surface area contributed by atoms with Gasteiger partial charge >= 0.3 is 0 Å². The minimum Gasteiger partial charge on any atom is -0.305 e. The van der Waals surface area contributed by atoms with Gasteiger partial charge in [0.15, 0.2) is 0 Å². The molecule has 0 saturated carbocycles. The maximum absolute atomic E-state index is 3.62. The van der Waals surface area contributed by atoms with E-state index in [1.165, 1.54) is 36.1 Å². The molecule has 1 aromatic carbocycles. The number of nitrogens with one attached hydrogen (secondary N) is 1. The van der Waals surface area contributed by atoms with Crippen molar-refractivity contribution < 1.29 is 0 Å². The monoisotopic (exact) mass is 271 g/mol. The minimum absolute atomic E-state index is 0.425. The Kier molecular flexibility index (Phi) is 4.00. The van der Waals surface area contributed by atoms with E-state index < -0.39 is 0 Å². The first-order valence-corrected chi connectivity index (χ1v) is 8.08. The van der Waals surface area contributed by atoms with Gasteiger partial charge in [0.25, 0.3) is 0 Å². The Hall–Kier alpha value is -1.12. The van der Waals surface area contributed by atoms with E-state index in [9.17, 15) is 0 Å². The predicted molar refractivity (Wildman–Crippen MR) is 82.7 cm³/mol. The standard InChI is InChI=1S/C17H21NS/c1-13(18-12-17-7-4-10-19-17)15-9-8-14-5-2-3-6-16(14)11-15/h4,7-11,13,18H,2-3,5-6,12H2,1H3. The first-order chi connectivity index (χ1) is 9.33. The average molecular weight is 271 g/mol. The Bertz CT molecular complexity index is 530. The van der Waals surface area contributed by atoms with Gasteiger partial charge in [0.1, 0.15) is 0 Å². The molecular weight excluding hydrogens is 250 g/mol. The van der Waals surface area contributed by atoms with Gasteiger partial charge in [-0.1, -0.05) is 24.3 Å². The highest BCUT2D eigenvalue weighted by atomic mass is 32.1. The lowest BCUT2D eigenvalue weighted by Gasteiger charge is -2.20. The van der Waals surface area contributed by atoms with Crippen LogP contribution < -0.4 is 5.32 Å². The maximum atomic E-state index is 3.62. The summed E-state index contributed by atoms with van der Waals surface area (Å²) in [5, 5.41) is 5.76. The Morgan fingerprint density at radius 1 is 1.16 bits per heavy atom. The second kappa shape index (κ2) is 5.89. The normalized spacial score (nSPS) is 16.1. The molecule has 1 atom stereocenters. The molecule has 1 aliphatic carbocycles. The molecule has 0 spiro atoms. The van der Waals surface area contributed by atoms with Gasteiger partial charge in [-0.3, -0.25) is 0 Å². The highest BCUT2D eigenvalue weighted by molar-refractivity contribution is 7.09. The smallest absolute Gasteiger partial charge is 0.0305 e. The van der Waals surface area contributed by atoms with Crippen molar-refractivity contribution >= 4 is 11.3 Å². The zero-order valence-electron chi connectivity index (χ0n) is 11.5. The van der Waals surface area contributed by atoms with Crippen molar-refractivity contribution in [3.8, 4) is 0 Å². The number of thiophene rings is 1. The van der Waals surface area contributed by atoms with Gasteiger partial charge in [-0.15, -0.1) is 11.3 Å². The molecule has 0 radical (unpaired) electrons. The number of fused-ring (bicyclic) bond motifs is 1. The Balaban J connectivity index is 1.67. The Morgan fingerprint density at radius 3 is 2.79 bits per heavy atom. The van der Waals surface area contributed by atoms with Crippen LogP contribution in [-0.2, 0) is 19.4 Å². The number of aryl methyl sites for hydroxylation is 2. The summed E-state index contributed by atoms with van der Waals surface area (Å²) in [6.45, 7) is 3.23. The van der Waals surface area contributed by atoms with Crippen molar-refractivity contribution in [3.05, 3.63) is 57.3 Å². The lowest BCUT2D eigenvalue weighted by molar-refractivity contribution is 0.576. The lowest BCUT2D eigenvalue weighted by atomic mass is 9.89. The van der Waals surface area contributed by atoms with Crippen LogP contribution in [-0.4, -0.2) is 0 Å². The zero-order chi connectivity index (χ0) is 13.1. The largest absolute Gasteiger partial charge is 0.305 e. The van der Waals surface area contributed by atoms with E-state index >= 15 is 0 Å². The molecule has 0 saturated heterocycles. The third-order valence-electron chi connectivity index (χ3n) is 4.04. The van der Waals surface area contributed by atoms with Crippen LogP contribution in [0.2, 0.25) is 0 Å². The summed E-state index contributed by atoms with van der Waals surface area (Å²) < 4.78 is 0. The minimum atomic E-state index is 0.425. The van der Waals surface area contributed by atoms with E-state index in [1.54, 1.807) is 11.1 Å². The maximum Gasteiger partial charge on any atom is 0.0305 e. The van der Waals surface area contributed by atoms with E-state index in [0.29, 0.717) is 6.04 Å². The third-order valence-corrected chi connectivity index (χ3v) is 4.91. The van der Waals surface area contributed by atoms with Crippen LogP contribution >= 0.6 is 11.3 Å². The molecule has 3 rings (SSSR count). The summed E-state index contributed by atoms with van der Waals surface area (Å²) in [6, 6.07) is 11.8. The summed E-state index contributed by atoms with van der Waals surface area (Å²) in [6.07, 6.45) is 5.25. The van der Waals surface area contributed by atoms with Crippen molar-refractivity contribution in [2.24, 2.45) is 0 Å².